The topological polar surface area (TPSA) is 114 Å². The van der Waals surface area contributed by atoms with E-state index in [1.807, 2.05) is 6.92 Å². The van der Waals surface area contributed by atoms with Crippen LogP contribution in [0.5, 0.6) is 11.5 Å². The lowest BCUT2D eigenvalue weighted by molar-refractivity contribution is -0.124. The summed E-state index contributed by atoms with van der Waals surface area (Å²) >= 11 is 6.41. The summed E-state index contributed by atoms with van der Waals surface area (Å²) in [4.78, 5) is 28.7. The van der Waals surface area contributed by atoms with Crippen molar-refractivity contribution in [2.45, 2.75) is 18.2 Å². The number of carbonyl (C=O) groups excluding carboxylic acids is 2. The minimum absolute atomic E-state index is 0.0151. The maximum atomic E-state index is 12.7. The van der Waals surface area contributed by atoms with Crippen LogP contribution in [0.3, 0.4) is 0 Å². The lowest BCUT2D eigenvalue weighted by Crippen LogP contribution is -2.43. The van der Waals surface area contributed by atoms with Gasteiger partial charge in [0.25, 0.3) is 15.9 Å². The molecule has 12 heteroatoms. The van der Waals surface area contributed by atoms with E-state index < -0.39 is 15.9 Å². The van der Waals surface area contributed by atoms with E-state index in [2.05, 4.69) is 10.3 Å². The van der Waals surface area contributed by atoms with Crippen LogP contribution in [0.4, 0.5) is 0 Å². The molecule has 0 saturated carbocycles. The molecule has 2 aliphatic rings. The highest BCUT2D eigenvalue weighted by atomic mass is 32.2. The Labute approximate surface area is 200 Å². The van der Waals surface area contributed by atoms with Crippen molar-refractivity contribution in [3.63, 3.8) is 0 Å². The van der Waals surface area contributed by atoms with Gasteiger partial charge in [-0.15, -0.1) is 4.83 Å². The van der Waals surface area contributed by atoms with E-state index in [9.17, 15) is 18.0 Å². The Bertz CT molecular complexity index is 1260. The highest BCUT2D eigenvalue weighted by Crippen LogP contribution is 2.36. The summed E-state index contributed by atoms with van der Waals surface area (Å²) in [5, 5.41) is 0. The molecule has 2 N–H and O–H groups in total. The normalized spacial score (nSPS) is 16.5. The number of thioether (sulfide) groups is 1. The van der Waals surface area contributed by atoms with Crippen LogP contribution >= 0.6 is 24.0 Å². The number of amides is 2. The molecule has 0 atom stereocenters. The molecule has 33 heavy (non-hydrogen) atoms. The van der Waals surface area contributed by atoms with Gasteiger partial charge in [0.05, 0.1) is 9.80 Å². The molecule has 2 aromatic carbocycles. The SMILES string of the molecule is Cc1ccc(S(=O)(=O)NNC(=O)CCN2C(=O)/C(=C/c3ccc4c(c3)OCO4)SC2=S)cc1. The molecule has 9 nitrogen and oxygen atoms in total. The smallest absolute Gasteiger partial charge is 0.266 e. The number of carbonyl (C=O) groups is 2. The second-order valence-electron chi connectivity index (χ2n) is 7.16. The molecular formula is C21H19N3O6S3. The Morgan fingerprint density at radius 1 is 1.18 bits per heavy atom. The van der Waals surface area contributed by atoms with Crippen LogP contribution in [0.1, 0.15) is 17.5 Å². The Balaban J connectivity index is 1.32. The first-order valence-electron chi connectivity index (χ1n) is 9.75. The number of sulfonamides is 1. The molecular weight excluding hydrogens is 486 g/mol. The van der Waals surface area contributed by atoms with Gasteiger partial charge in [-0.05, 0) is 42.8 Å². The van der Waals surface area contributed by atoms with Crippen LogP contribution in [0.2, 0.25) is 0 Å². The summed E-state index contributed by atoms with van der Waals surface area (Å²) in [5.74, 6) is 0.322. The molecule has 0 bridgehead atoms. The number of hydrogen-bond donors (Lipinski definition) is 2. The second-order valence-corrected chi connectivity index (χ2v) is 10.5. The van der Waals surface area contributed by atoms with Gasteiger partial charge in [0.15, 0.2) is 11.5 Å². The predicted molar refractivity (Wildman–Crippen MR) is 127 cm³/mol. The molecule has 1 fully saturated rings. The van der Waals surface area contributed by atoms with Crippen LogP contribution in [0.15, 0.2) is 52.3 Å². The number of benzene rings is 2. The van der Waals surface area contributed by atoms with Gasteiger partial charge in [0, 0.05) is 13.0 Å². The minimum atomic E-state index is -3.90. The molecule has 1 saturated heterocycles. The van der Waals surface area contributed by atoms with Crippen molar-refractivity contribution in [3.8, 4) is 11.5 Å². The molecule has 172 valence electrons. The van der Waals surface area contributed by atoms with Gasteiger partial charge in [-0.2, -0.15) is 0 Å². The van der Waals surface area contributed by atoms with E-state index >= 15 is 0 Å². The zero-order valence-corrected chi connectivity index (χ0v) is 19.8. The zero-order chi connectivity index (χ0) is 23.6. The van der Waals surface area contributed by atoms with E-state index in [0.717, 1.165) is 22.9 Å². The van der Waals surface area contributed by atoms with E-state index in [0.29, 0.717) is 20.7 Å². The summed E-state index contributed by atoms with van der Waals surface area (Å²) in [6.07, 6.45) is 1.55. The van der Waals surface area contributed by atoms with Gasteiger partial charge in [-0.1, -0.05) is 47.7 Å². The van der Waals surface area contributed by atoms with Crippen LogP contribution < -0.4 is 19.7 Å². The average Bonchev–Trinajstić information content (AvgIpc) is 3.35. The maximum absolute atomic E-state index is 12.7. The molecule has 4 rings (SSSR count). The molecule has 2 heterocycles. The Morgan fingerprint density at radius 3 is 2.67 bits per heavy atom. The number of thiocarbonyl (C=S) groups is 1. The fourth-order valence-electron chi connectivity index (χ4n) is 3.02. The number of hydrogen-bond acceptors (Lipinski definition) is 8. The number of aryl methyl sites for hydroxylation is 1. The van der Waals surface area contributed by atoms with E-state index in [4.69, 9.17) is 21.7 Å². The fourth-order valence-corrected chi connectivity index (χ4v) is 5.19. The Kier molecular flexibility index (Phi) is 6.70. The lowest BCUT2D eigenvalue weighted by Gasteiger charge is -2.14. The highest BCUT2D eigenvalue weighted by molar-refractivity contribution is 8.26. The minimum Gasteiger partial charge on any atom is -0.454 e. The van der Waals surface area contributed by atoms with Crippen molar-refractivity contribution in [2.75, 3.05) is 13.3 Å². The summed E-state index contributed by atoms with van der Waals surface area (Å²) < 4.78 is 35.5. The molecule has 0 spiro atoms. The third-order valence-corrected chi connectivity index (χ3v) is 7.43. The zero-order valence-electron chi connectivity index (χ0n) is 17.4. The van der Waals surface area contributed by atoms with Gasteiger partial charge >= 0.3 is 0 Å². The largest absolute Gasteiger partial charge is 0.454 e. The summed E-state index contributed by atoms with van der Waals surface area (Å²) in [6.45, 7) is 2.01. The van der Waals surface area contributed by atoms with Gasteiger partial charge < -0.3 is 9.47 Å². The van der Waals surface area contributed by atoms with Gasteiger partial charge in [-0.3, -0.25) is 19.9 Å². The van der Waals surface area contributed by atoms with Crippen LogP contribution in [-0.4, -0.2) is 42.8 Å². The van der Waals surface area contributed by atoms with E-state index in [1.54, 1.807) is 36.4 Å². The van der Waals surface area contributed by atoms with Gasteiger partial charge in [0.1, 0.15) is 4.32 Å². The number of fused-ring (bicyclic) bond motifs is 1. The van der Waals surface area contributed by atoms with Gasteiger partial charge in [0.2, 0.25) is 12.7 Å². The predicted octanol–water partition coefficient (Wildman–Crippen LogP) is 2.32. The monoisotopic (exact) mass is 505 g/mol. The second kappa shape index (κ2) is 9.51. The summed E-state index contributed by atoms with van der Waals surface area (Å²) in [5.41, 5.74) is 3.82. The standard InChI is InChI=1S/C21H19N3O6S3/c1-13-2-5-15(6-3-13)33(27,28)23-22-19(25)8-9-24-20(26)18(32-21(24)31)11-14-4-7-16-17(10-14)30-12-29-16/h2-7,10-11,23H,8-9,12H2,1H3,(H,22,25)/b18-11-. The summed E-state index contributed by atoms with van der Waals surface area (Å²) in [7, 11) is -3.90. The number of nitrogens with one attached hydrogen (secondary N) is 2. The molecule has 0 aliphatic carbocycles. The first kappa shape index (κ1) is 23.2. The number of hydrazine groups is 1. The number of nitrogens with zero attached hydrogens (tertiary/aromatic N) is 1. The fraction of sp³-hybridized carbons (Fsp3) is 0.190. The van der Waals surface area contributed by atoms with Crippen molar-refractivity contribution in [2.24, 2.45) is 0 Å². The van der Waals surface area contributed by atoms with Crippen LogP contribution in [-0.2, 0) is 19.6 Å². The van der Waals surface area contributed by atoms with Crippen LogP contribution in [0, 0.1) is 6.92 Å². The first-order chi connectivity index (χ1) is 15.7. The van der Waals surface area contributed by atoms with Crippen molar-refractivity contribution < 1.29 is 27.5 Å². The lowest BCUT2D eigenvalue weighted by atomic mass is 10.2. The molecule has 2 aliphatic heterocycles. The first-order valence-corrected chi connectivity index (χ1v) is 12.5. The Morgan fingerprint density at radius 2 is 1.91 bits per heavy atom. The van der Waals surface area contributed by atoms with Crippen molar-refractivity contribution in [1.29, 1.82) is 0 Å². The number of rotatable bonds is 7. The van der Waals surface area contributed by atoms with Gasteiger partial charge in [-0.25, -0.2) is 8.42 Å². The van der Waals surface area contributed by atoms with Crippen molar-refractivity contribution in [1.82, 2.24) is 15.2 Å². The number of ether oxygens (including phenoxy) is 2. The molecule has 0 aromatic heterocycles. The summed E-state index contributed by atoms with van der Waals surface area (Å²) in [6, 6.07) is 11.5. The molecule has 2 amide bonds. The van der Waals surface area contributed by atoms with Crippen molar-refractivity contribution in [3.05, 3.63) is 58.5 Å². The van der Waals surface area contributed by atoms with E-state index in [-0.39, 0.29) is 30.6 Å². The highest BCUT2D eigenvalue weighted by Gasteiger charge is 2.32. The maximum Gasteiger partial charge on any atom is 0.266 e. The Hall–Kier alpha value is -2.93. The quantitative estimate of drug-likeness (QED) is 0.335. The molecule has 0 unspecified atom stereocenters. The molecule has 0 radical (unpaired) electrons. The van der Waals surface area contributed by atoms with Crippen molar-refractivity contribution >= 4 is 56.2 Å². The van der Waals surface area contributed by atoms with E-state index in [1.165, 1.54) is 17.0 Å². The average molecular weight is 506 g/mol. The third kappa shape index (κ3) is 5.36. The molecule has 2 aromatic rings. The van der Waals surface area contributed by atoms with Crippen LogP contribution in [0.25, 0.3) is 6.08 Å². The third-order valence-electron chi connectivity index (χ3n) is 4.79.